The molecule has 8 nitrogen and oxygen atoms in total. The molecule has 0 bridgehead atoms. The van der Waals surface area contributed by atoms with Crippen LogP contribution in [0.3, 0.4) is 0 Å². The van der Waals surface area contributed by atoms with Crippen LogP contribution >= 0.6 is 0 Å². The lowest BCUT2D eigenvalue weighted by molar-refractivity contribution is -0.137. The number of nitrogens with zero attached hydrogens (tertiary/aromatic N) is 1. The number of aliphatic carboxylic acids is 1. The number of nitrogens with one attached hydrogen (secondary N) is 1. The second-order valence-electron chi connectivity index (χ2n) is 5.65. The lowest BCUT2D eigenvalue weighted by Gasteiger charge is -2.26. The van der Waals surface area contributed by atoms with E-state index in [1.54, 1.807) is 13.8 Å². The van der Waals surface area contributed by atoms with E-state index in [2.05, 4.69) is 4.72 Å². The molecule has 1 aromatic rings. The molecular weight excluding hydrogens is 348 g/mol. The molecule has 9 heteroatoms. The van der Waals surface area contributed by atoms with Crippen LogP contribution in [-0.4, -0.2) is 63.1 Å². The van der Waals surface area contributed by atoms with Crippen LogP contribution in [-0.2, 0) is 19.6 Å². The van der Waals surface area contributed by atoms with Crippen LogP contribution in [0.1, 0.15) is 30.6 Å². The second-order valence-corrected chi connectivity index (χ2v) is 7.42. The predicted molar refractivity (Wildman–Crippen MR) is 91.9 cm³/mol. The molecule has 0 aromatic heterocycles. The van der Waals surface area contributed by atoms with Crippen LogP contribution in [0.5, 0.6) is 0 Å². The third kappa shape index (κ3) is 6.45. The van der Waals surface area contributed by atoms with Crippen molar-refractivity contribution in [3.63, 3.8) is 0 Å². The van der Waals surface area contributed by atoms with Crippen molar-refractivity contribution < 1.29 is 27.9 Å². The molecular formula is C16H24N2O6S. The van der Waals surface area contributed by atoms with E-state index in [0.717, 1.165) is 0 Å². The number of amides is 1. The van der Waals surface area contributed by atoms with E-state index >= 15 is 0 Å². The summed E-state index contributed by atoms with van der Waals surface area (Å²) in [5.41, 5.74) is 0.301. The van der Waals surface area contributed by atoms with Crippen LogP contribution in [0, 0.1) is 0 Å². The van der Waals surface area contributed by atoms with Crippen molar-refractivity contribution in [2.24, 2.45) is 0 Å². The number of hydrogen-bond donors (Lipinski definition) is 2. The molecule has 0 atom stereocenters. The number of ether oxygens (including phenoxy) is 1. The van der Waals surface area contributed by atoms with Gasteiger partial charge >= 0.3 is 5.97 Å². The van der Waals surface area contributed by atoms with Gasteiger partial charge in [-0.25, -0.2) is 13.1 Å². The molecule has 0 aliphatic rings. The maximum absolute atomic E-state index is 12.5. The van der Waals surface area contributed by atoms with Crippen LogP contribution in [0.2, 0.25) is 0 Å². The van der Waals surface area contributed by atoms with Gasteiger partial charge in [-0.3, -0.25) is 9.59 Å². The summed E-state index contributed by atoms with van der Waals surface area (Å²) in [5.74, 6) is -1.32. The summed E-state index contributed by atoms with van der Waals surface area (Å²) < 4.78 is 31.3. The summed E-state index contributed by atoms with van der Waals surface area (Å²) in [7, 11) is -2.19. The standard InChI is InChI=1S/C16H24N2O6S/c1-12(2)18(10-8-15(19)20)16(21)13-4-6-14(7-5-13)25(22,23)17-9-11-24-3/h4-7,12,17H,8-11H2,1-3H3,(H,19,20). The molecule has 0 spiro atoms. The minimum Gasteiger partial charge on any atom is -0.481 e. The third-order valence-corrected chi connectivity index (χ3v) is 4.94. The lowest BCUT2D eigenvalue weighted by atomic mass is 10.1. The van der Waals surface area contributed by atoms with Gasteiger partial charge in [0.1, 0.15) is 0 Å². The summed E-state index contributed by atoms with van der Waals surface area (Å²) >= 11 is 0. The van der Waals surface area contributed by atoms with E-state index in [1.165, 1.54) is 36.3 Å². The monoisotopic (exact) mass is 372 g/mol. The Balaban J connectivity index is 2.89. The van der Waals surface area contributed by atoms with Gasteiger partial charge in [-0.15, -0.1) is 0 Å². The fourth-order valence-electron chi connectivity index (χ4n) is 2.11. The van der Waals surface area contributed by atoms with Gasteiger partial charge in [0.15, 0.2) is 0 Å². The number of carbonyl (C=O) groups is 2. The maximum Gasteiger partial charge on any atom is 0.305 e. The first-order valence-corrected chi connectivity index (χ1v) is 9.28. The normalized spacial score (nSPS) is 11.5. The quantitative estimate of drug-likeness (QED) is 0.591. The molecule has 1 aromatic carbocycles. The molecule has 0 heterocycles. The molecule has 25 heavy (non-hydrogen) atoms. The number of hydrogen-bond acceptors (Lipinski definition) is 5. The molecule has 0 saturated carbocycles. The number of carboxylic acid groups (broad SMARTS) is 1. The smallest absolute Gasteiger partial charge is 0.305 e. The minimum absolute atomic E-state index is 0.0433. The Kier molecular flexibility index (Phi) is 8.01. The van der Waals surface area contributed by atoms with Crippen molar-refractivity contribution in [3.05, 3.63) is 29.8 Å². The van der Waals surface area contributed by atoms with E-state index in [0.29, 0.717) is 5.56 Å². The highest BCUT2D eigenvalue weighted by Crippen LogP contribution is 2.14. The van der Waals surface area contributed by atoms with Crippen LogP contribution in [0.15, 0.2) is 29.2 Å². The number of rotatable bonds is 10. The molecule has 0 radical (unpaired) electrons. The Morgan fingerprint density at radius 2 is 1.84 bits per heavy atom. The molecule has 0 aliphatic heterocycles. The molecule has 0 fully saturated rings. The Labute approximate surface area is 147 Å². The van der Waals surface area contributed by atoms with Gasteiger partial charge in [-0.1, -0.05) is 0 Å². The summed E-state index contributed by atoms with van der Waals surface area (Å²) in [6.45, 7) is 4.07. The van der Waals surface area contributed by atoms with E-state index in [9.17, 15) is 18.0 Å². The first kappa shape index (κ1) is 21.1. The largest absolute Gasteiger partial charge is 0.481 e. The molecule has 2 N–H and O–H groups in total. The zero-order valence-electron chi connectivity index (χ0n) is 14.6. The van der Waals surface area contributed by atoms with Gasteiger partial charge < -0.3 is 14.7 Å². The van der Waals surface area contributed by atoms with Crippen molar-refractivity contribution in [2.75, 3.05) is 26.8 Å². The first-order chi connectivity index (χ1) is 11.7. The van der Waals surface area contributed by atoms with E-state index < -0.39 is 16.0 Å². The summed E-state index contributed by atoms with van der Waals surface area (Å²) in [5, 5.41) is 8.79. The van der Waals surface area contributed by atoms with Gasteiger partial charge in [-0.05, 0) is 38.1 Å². The molecule has 0 unspecified atom stereocenters. The van der Waals surface area contributed by atoms with Gasteiger partial charge in [0, 0.05) is 31.8 Å². The predicted octanol–water partition coefficient (Wildman–Crippen LogP) is 0.937. The SMILES string of the molecule is COCCNS(=O)(=O)c1ccc(C(=O)N(CCC(=O)O)C(C)C)cc1. The van der Waals surface area contributed by atoms with Crippen molar-refractivity contribution in [3.8, 4) is 0 Å². The first-order valence-electron chi connectivity index (χ1n) is 7.80. The zero-order valence-corrected chi connectivity index (χ0v) is 15.4. The molecule has 1 rings (SSSR count). The van der Waals surface area contributed by atoms with Gasteiger partial charge in [0.25, 0.3) is 5.91 Å². The fraction of sp³-hybridized carbons (Fsp3) is 0.500. The minimum atomic E-state index is -3.67. The molecule has 0 saturated heterocycles. The second kappa shape index (κ2) is 9.50. The highest BCUT2D eigenvalue weighted by atomic mass is 32.2. The van der Waals surface area contributed by atoms with Gasteiger partial charge in [-0.2, -0.15) is 0 Å². The highest BCUT2D eigenvalue weighted by molar-refractivity contribution is 7.89. The zero-order chi connectivity index (χ0) is 19.0. The molecule has 1 amide bonds. The number of carbonyl (C=O) groups excluding carboxylic acids is 1. The molecule has 0 aliphatic carbocycles. The van der Waals surface area contributed by atoms with Crippen LogP contribution < -0.4 is 4.72 Å². The van der Waals surface area contributed by atoms with E-state index in [-0.39, 0.29) is 43.0 Å². The van der Waals surface area contributed by atoms with Crippen LogP contribution in [0.4, 0.5) is 0 Å². The Morgan fingerprint density at radius 3 is 2.32 bits per heavy atom. The Hall–Kier alpha value is -1.97. The summed E-state index contributed by atoms with van der Waals surface area (Å²) in [6.07, 6.45) is -0.153. The molecule has 140 valence electrons. The number of benzene rings is 1. The number of sulfonamides is 1. The third-order valence-electron chi connectivity index (χ3n) is 3.46. The van der Waals surface area contributed by atoms with Crippen molar-refractivity contribution >= 4 is 21.9 Å². The Morgan fingerprint density at radius 1 is 1.24 bits per heavy atom. The average Bonchev–Trinajstić information content (AvgIpc) is 2.54. The summed E-state index contributed by atoms with van der Waals surface area (Å²) in [6, 6.07) is 5.36. The lowest BCUT2D eigenvalue weighted by Crippen LogP contribution is -2.38. The van der Waals surface area contributed by atoms with Crippen molar-refractivity contribution in [1.82, 2.24) is 9.62 Å². The Bertz CT molecular complexity index is 685. The highest BCUT2D eigenvalue weighted by Gasteiger charge is 2.20. The van der Waals surface area contributed by atoms with Crippen molar-refractivity contribution in [1.29, 1.82) is 0 Å². The van der Waals surface area contributed by atoms with Crippen molar-refractivity contribution in [2.45, 2.75) is 31.2 Å². The topological polar surface area (TPSA) is 113 Å². The van der Waals surface area contributed by atoms with Crippen LogP contribution in [0.25, 0.3) is 0 Å². The summed E-state index contributed by atoms with van der Waals surface area (Å²) in [4.78, 5) is 24.7. The number of carboxylic acids is 1. The fourth-order valence-corrected chi connectivity index (χ4v) is 3.13. The van der Waals surface area contributed by atoms with Gasteiger partial charge in [0.2, 0.25) is 10.0 Å². The maximum atomic E-state index is 12.5. The van der Waals surface area contributed by atoms with E-state index in [4.69, 9.17) is 9.84 Å². The van der Waals surface area contributed by atoms with Gasteiger partial charge in [0.05, 0.1) is 17.9 Å². The average molecular weight is 372 g/mol. The van der Waals surface area contributed by atoms with E-state index in [1.807, 2.05) is 0 Å². The number of methoxy groups -OCH3 is 1.